The average Bonchev–Trinajstić information content (AvgIpc) is 2.59. The second-order valence-electron chi connectivity index (χ2n) is 4.38. The van der Waals surface area contributed by atoms with Gasteiger partial charge in [0.15, 0.2) is 0 Å². The van der Waals surface area contributed by atoms with Crippen LogP contribution < -0.4 is 16.0 Å². The minimum Gasteiger partial charge on any atom is -0.389 e. The maximum absolute atomic E-state index is 9.45. The van der Waals surface area contributed by atoms with Gasteiger partial charge in [-0.2, -0.15) is 0 Å². The number of pyridine rings is 1. The second-order valence-corrected chi connectivity index (χ2v) is 4.38. The van der Waals surface area contributed by atoms with Crippen LogP contribution >= 0.6 is 0 Å². The van der Waals surface area contributed by atoms with Crippen LogP contribution in [0.1, 0.15) is 6.92 Å². The van der Waals surface area contributed by atoms with Gasteiger partial charge in [-0.05, 0) is 19.1 Å². The Bertz CT molecular complexity index is 358. The standard InChI is InChI=1S/C11H18N4O2/c1-7(12)14-8-2-3-11(13-4-8)15-5-9(16)10(17)6-15/h2-4,7,9-10,14,16-17H,5-6,12H2,1H3. The Kier molecular flexibility index (Phi) is 3.46. The molecule has 94 valence electrons. The lowest BCUT2D eigenvalue weighted by molar-refractivity contribution is 0.0572. The summed E-state index contributed by atoms with van der Waals surface area (Å²) in [7, 11) is 0. The fourth-order valence-electron chi connectivity index (χ4n) is 1.88. The normalized spacial score (nSPS) is 26.0. The monoisotopic (exact) mass is 238 g/mol. The van der Waals surface area contributed by atoms with E-state index in [9.17, 15) is 10.2 Å². The smallest absolute Gasteiger partial charge is 0.128 e. The average molecular weight is 238 g/mol. The van der Waals surface area contributed by atoms with Crippen LogP contribution in [0.5, 0.6) is 0 Å². The first-order valence-electron chi connectivity index (χ1n) is 5.65. The summed E-state index contributed by atoms with van der Waals surface area (Å²) < 4.78 is 0. The highest BCUT2D eigenvalue weighted by Crippen LogP contribution is 2.19. The molecule has 0 aromatic carbocycles. The molecule has 1 aliphatic heterocycles. The third-order valence-corrected chi connectivity index (χ3v) is 2.73. The predicted octanol–water partition coefficient (Wildman–Crippen LogP) is -0.660. The van der Waals surface area contributed by atoms with E-state index in [2.05, 4.69) is 10.3 Å². The van der Waals surface area contributed by atoms with Gasteiger partial charge in [-0.15, -0.1) is 0 Å². The van der Waals surface area contributed by atoms with Crippen molar-refractivity contribution >= 4 is 11.5 Å². The van der Waals surface area contributed by atoms with Gasteiger partial charge in [0.1, 0.15) is 5.82 Å². The Balaban J connectivity index is 2.03. The number of nitrogens with zero attached hydrogens (tertiary/aromatic N) is 2. The number of hydrogen-bond donors (Lipinski definition) is 4. The molecule has 0 bridgehead atoms. The zero-order valence-corrected chi connectivity index (χ0v) is 9.74. The molecule has 0 spiro atoms. The second kappa shape index (κ2) is 4.87. The Labute approximate surface area is 100 Å². The van der Waals surface area contributed by atoms with Gasteiger partial charge >= 0.3 is 0 Å². The van der Waals surface area contributed by atoms with Crippen molar-refractivity contribution in [2.75, 3.05) is 23.3 Å². The molecule has 3 atom stereocenters. The molecule has 1 saturated heterocycles. The minimum atomic E-state index is -0.696. The molecule has 1 fully saturated rings. The van der Waals surface area contributed by atoms with E-state index in [-0.39, 0.29) is 6.17 Å². The number of aromatic nitrogens is 1. The lowest BCUT2D eigenvalue weighted by Gasteiger charge is -2.17. The highest BCUT2D eigenvalue weighted by molar-refractivity contribution is 5.49. The molecule has 3 unspecified atom stereocenters. The molecule has 1 aromatic rings. The van der Waals surface area contributed by atoms with Crippen molar-refractivity contribution in [3.8, 4) is 0 Å². The van der Waals surface area contributed by atoms with Gasteiger partial charge in [0.25, 0.3) is 0 Å². The topological polar surface area (TPSA) is 94.6 Å². The van der Waals surface area contributed by atoms with Crippen molar-refractivity contribution in [2.45, 2.75) is 25.3 Å². The van der Waals surface area contributed by atoms with Crippen molar-refractivity contribution in [1.82, 2.24) is 4.98 Å². The van der Waals surface area contributed by atoms with E-state index < -0.39 is 12.2 Å². The van der Waals surface area contributed by atoms with Gasteiger partial charge in [0.2, 0.25) is 0 Å². The predicted molar refractivity (Wildman–Crippen MR) is 65.7 cm³/mol. The van der Waals surface area contributed by atoms with Gasteiger partial charge in [0.05, 0.1) is 30.3 Å². The van der Waals surface area contributed by atoms with Crippen molar-refractivity contribution in [1.29, 1.82) is 0 Å². The lowest BCUT2D eigenvalue weighted by atomic mass is 10.3. The molecule has 1 aliphatic rings. The van der Waals surface area contributed by atoms with Crippen molar-refractivity contribution in [3.05, 3.63) is 18.3 Å². The molecule has 6 heteroatoms. The van der Waals surface area contributed by atoms with Crippen molar-refractivity contribution in [3.63, 3.8) is 0 Å². The van der Waals surface area contributed by atoms with Crippen molar-refractivity contribution < 1.29 is 10.2 Å². The summed E-state index contributed by atoms with van der Waals surface area (Å²) in [6.07, 6.45) is 0.172. The molecule has 0 saturated carbocycles. The van der Waals surface area contributed by atoms with E-state index in [4.69, 9.17) is 5.73 Å². The summed E-state index contributed by atoms with van der Waals surface area (Å²) in [5.74, 6) is 0.746. The van der Waals surface area contributed by atoms with Gasteiger partial charge in [-0.25, -0.2) is 4.98 Å². The number of anilines is 2. The van der Waals surface area contributed by atoms with Crippen LogP contribution in [0.25, 0.3) is 0 Å². The molecule has 6 nitrogen and oxygen atoms in total. The van der Waals surface area contributed by atoms with Gasteiger partial charge in [-0.3, -0.25) is 0 Å². The highest BCUT2D eigenvalue weighted by Gasteiger charge is 2.30. The molecule has 0 radical (unpaired) electrons. The van der Waals surface area contributed by atoms with Crippen LogP contribution in [0.3, 0.4) is 0 Å². The summed E-state index contributed by atoms with van der Waals surface area (Å²) in [5, 5.41) is 21.9. The Morgan fingerprint density at radius 3 is 2.53 bits per heavy atom. The Hall–Kier alpha value is -1.37. The lowest BCUT2D eigenvalue weighted by Crippen LogP contribution is -2.25. The number of nitrogens with two attached hydrogens (primary N) is 1. The zero-order valence-electron chi connectivity index (χ0n) is 9.74. The summed E-state index contributed by atoms with van der Waals surface area (Å²) in [6, 6.07) is 3.72. The number of rotatable bonds is 3. The van der Waals surface area contributed by atoms with Gasteiger partial charge in [-0.1, -0.05) is 0 Å². The SMILES string of the molecule is CC(N)Nc1ccc(N2CC(O)C(O)C2)nc1. The van der Waals surface area contributed by atoms with E-state index in [1.807, 2.05) is 24.0 Å². The zero-order chi connectivity index (χ0) is 12.4. The molecular formula is C11H18N4O2. The summed E-state index contributed by atoms with van der Waals surface area (Å²) in [4.78, 5) is 6.12. The molecule has 0 aliphatic carbocycles. The number of β-amino-alcohol motifs (C(OH)–C–C–N with tert-alkyl or cyclic N) is 2. The first-order chi connectivity index (χ1) is 8.06. The van der Waals surface area contributed by atoms with E-state index in [0.717, 1.165) is 11.5 Å². The first-order valence-corrected chi connectivity index (χ1v) is 5.65. The maximum atomic E-state index is 9.45. The van der Waals surface area contributed by atoms with Gasteiger partial charge < -0.3 is 26.2 Å². The number of aliphatic hydroxyl groups excluding tert-OH is 2. The summed E-state index contributed by atoms with van der Waals surface area (Å²) in [5.41, 5.74) is 6.46. The molecule has 1 aromatic heterocycles. The maximum Gasteiger partial charge on any atom is 0.128 e. The number of hydrogen-bond acceptors (Lipinski definition) is 6. The quantitative estimate of drug-likeness (QED) is 0.522. The first kappa shape index (κ1) is 12.1. The van der Waals surface area contributed by atoms with E-state index >= 15 is 0 Å². The number of aliphatic hydroxyl groups is 2. The molecular weight excluding hydrogens is 220 g/mol. The largest absolute Gasteiger partial charge is 0.389 e. The third kappa shape index (κ3) is 2.85. The van der Waals surface area contributed by atoms with Crippen LogP contribution in [-0.2, 0) is 0 Å². The van der Waals surface area contributed by atoms with Crippen molar-refractivity contribution in [2.24, 2.45) is 5.73 Å². The van der Waals surface area contributed by atoms with Crippen LogP contribution in [0.2, 0.25) is 0 Å². The fourth-order valence-corrected chi connectivity index (χ4v) is 1.88. The molecule has 0 amide bonds. The van der Waals surface area contributed by atoms with E-state index in [1.54, 1.807) is 6.20 Å². The minimum absolute atomic E-state index is 0.127. The van der Waals surface area contributed by atoms with Crippen LogP contribution in [0.15, 0.2) is 18.3 Å². The summed E-state index contributed by atoms with van der Waals surface area (Å²) in [6.45, 7) is 2.67. The molecule has 2 rings (SSSR count). The number of nitrogens with one attached hydrogen (secondary N) is 1. The molecule has 2 heterocycles. The third-order valence-electron chi connectivity index (χ3n) is 2.73. The van der Waals surface area contributed by atoms with E-state index in [1.165, 1.54) is 0 Å². The van der Waals surface area contributed by atoms with Crippen LogP contribution in [0.4, 0.5) is 11.5 Å². The fraction of sp³-hybridized carbons (Fsp3) is 0.545. The summed E-state index contributed by atoms with van der Waals surface area (Å²) >= 11 is 0. The van der Waals surface area contributed by atoms with Crippen LogP contribution in [-0.4, -0.2) is 46.7 Å². The Morgan fingerprint density at radius 1 is 1.41 bits per heavy atom. The van der Waals surface area contributed by atoms with Crippen LogP contribution in [0, 0.1) is 0 Å². The Morgan fingerprint density at radius 2 is 2.06 bits per heavy atom. The van der Waals surface area contributed by atoms with Gasteiger partial charge in [0, 0.05) is 13.1 Å². The molecule has 17 heavy (non-hydrogen) atoms. The van der Waals surface area contributed by atoms with E-state index in [0.29, 0.717) is 13.1 Å². The molecule has 5 N–H and O–H groups in total. The highest BCUT2D eigenvalue weighted by atomic mass is 16.3.